The van der Waals surface area contributed by atoms with Crippen LogP contribution in [0.4, 0.5) is 5.69 Å². The Labute approximate surface area is 230 Å². The Morgan fingerprint density at radius 2 is 1.55 bits per heavy atom. The van der Waals surface area contributed by atoms with Crippen molar-refractivity contribution in [3.05, 3.63) is 108 Å². The number of aryl methyl sites for hydroxylation is 1. The molecule has 0 unspecified atom stereocenters. The van der Waals surface area contributed by atoms with Crippen LogP contribution in [0, 0.1) is 6.92 Å². The number of rotatable bonds is 6. The molecule has 4 aromatic carbocycles. The van der Waals surface area contributed by atoms with Crippen LogP contribution in [0.2, 0.25) is 0 Å². The molecule has 40 heavy (non-hydrogen) atoms. The van der Waals surface area contributed by atoms with Crippen LogP contribution in [0.15, 0.2) is 97.1 Å². The quantitative estimate of drug-likeness (QED) is 0.254. The predicted octanol–water partition coefficient (Wildman–Crippen LogP) is 6.42. The number of hydrogen-bond acceptors (Lipinski definition) is 6. The van der Waals surface area contributed by atoms with Crippen molar-refractivity contribution in [2.75, 3.05) is 12.1 Å². The molecule has 1 aliphatic heterocycles. The smallest absolute Gasteiger partial charge is 0.309 e. The van der Waals surface area contributed by atoms with Crippen LogP contribution in [-0.4, -0.2) is 28.4 Å². The Hall–Kier alpha value is -5.37. The maximum atomic E-state index is 12.9. The van der Waals surface area contributed by atoms with Gasteiger partial charge in [-0.2, -0.15) is 9.78 Å². The molecule has 1 amide bonds. The monoisotopic (exact) mass is 531 g/mol. The number of nitrogens with zero attached hydrogens (tertiary/aromatic N) is 2. The van der Waals surface area contributed by atoms with Gasteiger partial charge in [-0.15, -0.1) is 0 Å². The van der Waals surface area contributed by atoms with Crippen LogP contribution in [-0.2, 0) is 4.79 Å². The molecule has 1 aliphatic rings. The summed E-state index contributed by atoms with van der Waals surface area (Å²) in [5.74, 6) is 0.738. The summed E-state index contributed by atoms with van der Waals surface area (Å²) < 4.78 is 18.1. The van der Waals surface area contributed by atoms with Crippen LogP contribution in [0.25, 0.3) is 28.1 Å². The van der Waals surface area contributed by atoms with E-state index in [4.69, 9.17) is 19.3 Å². The minimum Gasteiger partial charge on any atom is -0.454 e. The van der Waals surface area contributed by atoms with Crippen LogP contribution in [0.3, 0.4) is 0 Å². The highest BCUT2D eigenvalue weighted by atomic mass is 16.7. The molecular weight excluding hydrogens is 506 g/mol. The van der Waals surface area contributed by atoms with Crippen LogP contribution < -0.4 is 19.5 Å². The van der Waals surface area contributed by atoms with Gasteiger partial charge >= 0.3 is 5.97 Å². The number of esters is 1. The highest BCUT2D eigenvalue weighted by Crippen LogP contribution is 2.41. The maximum Gasteiger partial charge on any atom is 0.309 e. The number of carbonyl (C=O) groups is 2. The number of aromatic nitrogens is 2. The van der Waals surface area contributed by atoms with E-state index in [0.29, 0.717) is 39.9 Å². The molecule has 0 saturated heterocycles. The molecule has 0 saturated carbocycles. The third kappa shape index (κ3) is 4.90. The molecule has 0 radical (unpaired) electrons. The number of para-hydroxylation sites is 1. The lowest BCUT2D eigenvalue weighted by Gasteiger charge is -2.11. The number of amides is 1. The first-order valence-electron chi connectivity index (χ1n) is 12.7. The zero-order valence-corrected chi connectivity index (χ0v) is 21.9. The molecule has 0 aliphatic carbocycles. The lowest BCUT2D eigenvalue weighted by molar-refractivity contribution is -0.132. The zero-order chi connectivity index (χ0) is 27.6. The van der Waals surface area contributed by atoms with E-state index in [0.717, 1.165) is 22.4 Å². The van der Waals surface area contributed by atoms with Gasteiger partial charge in [0.25, 0.3) is 5.91 Å². The molecule has 8 heteroatoms. The summed E-state index contributed by atoms with van der Waals surface area (Å²) in [6, 6.07) is 29.9. The molecule has 198 valence electrons. The molecule has 1 N–H and O–H groups in total. The summed E-state index contributed by atoms with van der Waals surface area (Å²) >= 11 is 0. The van der Waals surface area contributed by atoms with Gasteiger partial charge in [-0.25, -0.2) is 0 Å². The first kappa shape index (κ1) is 24.9. The second-order valence-corrected chi connectivity index (χ2v) is 9.34. The normalized spacial score (nSPS) is 11.8. The number of ether oxygens (including phenoxy) is 3. The molecule has 0 spiro atoms. The number of hydrogen-bond donors (Lipinski definition) is 1. The standard InChI is InChI=1S/C32H25N3O5/c1-20-8-10-23(11-9-20)30-29(32(40-21(2)36)35(34-30)26-6-4-3-5-7-26)22-12-15-25(16-13-22)33-31(37)24-14-17-27-28(18-24)39-19-38-27/h3-18H,19H2,1-2H3,(H,33,37). The van der Waals surface area contributed by atoms with Crippen LogP contribution in [0.5, 0.6) is 17.4 Å². The van der Waals surface area contributed by atoms with E-state index < -0.39 is 5.97 Å². The summed E-state index contributed by atoms with van der Waals surface area (Å²) in [7, 11) is 0. The first-order valence-corrected chi connectivity index (χ1v) is 12.7. The Morgan fingerprint density at radius 3 is 2.27 bits per heavy atom. The second-order valence-electron chi connectivity index (χ2n) is 9.34. The lowest BCUT2D eigenvalue weighted by atomic mass is 10.00. The zero-order valence-electron chi connectivity index (χ0n) is 21.9. The fourth-order valence-electron chi connectivity index (χ4n) is 4.51. The van der Waals surface area contributed by atoms with Gasteiger partial charge in [0, 0.05) is 23.7 Å². The molecule has 1 aromatic heterocycles. The maximum absolute atomic E-state index is 12.9. The summed E-state index contributed by atoms with van der Waals surface area (Å²) in [6.45, 7) is 3.53. The van der Waals surface area contributed by atoms with E-state index in [9.17, 15) is 9.59 Å². The number of benzene rings is 4. The van der Waals surface area contributed by atoms with E-state index in [1.807, 2.05) is 73.7 Å². The van der Waals surface area contributed by atoms with Gasteiger partial charge in [0.2, 0.25) is 12.7 Å². The largest absolute Gasteiger partial charge is 0.454 e. The molecule has 0 fully saturated rings. The number of nitrogens with one attached hydrogen (secondary N) is 1. The van der Waals surface area contributed by atoms with E-state index in [2.05, 4.69) is 5.32 Å². The topological polar surface area (TPSA) is 91.7 Å². The first-order chi connectivity index (χ1) is 19.5. The third-order valence-electron chi connectivity index (χ3n) is 6.48. The van der Waals surface area contributed by atoms with Gasteiger partial charge in [0.1, 0.15) is 5.69 Å². The minimum atomic E-state index is -0.457. The average molecular weight is 532 g/mol. The molecule has 0 bridgehead atoms. The highest BCUT2D eigenvalue weighted by Gasteiger charge is 2.25. The van der Waals surface area contributed by atoms with Gasteiger partial charge in [0.15, 0.2) is 11.5 Å². The molecule has 8 nitrogen and oxygen atoms in total. The molecule has 2 heterocycles. The summed E-state index contributed by atoms with van der Waals surface area (Å²) in [5.41, 5.74) is 5.92. The molecular formula is C32H25N3O5. The van der Waals surface area contributed by atoms with Crippen molar-refractivity contribution in [1.82, 2.24) is 9.78 Å². The van der Waals surface area contributed by atoms with Crippen molar-refractivity contribution >= 4 is 17.6 Å². The van der Waals surface area contributed by atoms with Crippen molar-refractivity contribution < 1.29 is 23.8 Å². The molecule has 5 aromatic rings. The number of carbonyl (C=O) groups excluding carboxylic acids is 2. The number of fused-ring (bicyclic) bond motifs is 1. The Balaban J connectivity index is 1.39. The van der Waals surface area contributed by atoms with Crippen molar-refractivity contribution in [1.29, 1.82) is 0 Å². The summed E-state index contributed by atoms with van der Waals surface area (Å²) in [6.07, 6.45) is 0. The van der Waals surface area contributed by atoms with Crippen molar-refractivity contribution in [3.63, 3.8) is 0 Å². The minimum absolute atomic E-state index is 0.141. The Morgan fingerprint density at radius 1 is 0.850 bits per heavy atom. The average Bonchev–Trinajstić information content (AvgIpc) is 3.59. The van der Waals surface area contributed by atoms with Gasteiger partial charge in [-0.05, 0) is 55.0 Å². The second kappa shape index (κ2) is 10.4. The van der Waals surface area contributed by atoms with E-state index in [1.165, 1.54) is 6.92 Å². The number of anilines is 1. The highest BCUT2D eigenvalue weighted by molar-refractivity contribution is 6.05. The van der Waals surface area contributed by atoms with E-state index in [1.54, 1.807) is 35.0 Å². The van der Waals surface area contributed by atoms with Gasteiger partial charge in [0.05, 0.1) is 11.3 Å². The Kier molecular flexibility index (Phi) is 6.49. The third-order valence-corrected chi connectivity index (χ3v) is 6.48. The fraction of sp³-hybridized carbons (Fsp3) is 0.0938. The van der Waals surface area contributed by atoms with E-state index >= 15 is 0 Å². The summed E-state index contributed by atoms with van der Waals surface area (Å²) in [4.78, 5) is 25.1. The molecule has 6 rings (SSSR count). The SMILES string of the molecule is CC(=O)Oc1c(-c2ccc(NC(=O)c3ccc4c(c3)OCO4)cc2)c(-c2ccc(C)cc2)nn1-c1ccccc1. The van der Waals surface area contributed by atoms with Gasteiger partial charge < -0.3 is 19.5 Å². The van der Waals surface area contributed by atoms with Crippen molar-refractivity contribution in [3.8, 4) is 45.5 Å². The Bertz CT molecular complexity index is 1710. The van der Waals surface area contributed by atoms with Crippen molar-refractivity contribution in [2.45, 2.75) is 13.8 Å². The van der Waals surface area contributed by atoms with E-state index in [-0.39, 0.29) is 12.7 Å². The summed E-state index contributed by atoms with van der Waals surface area (Å²) in [5, 5.41) is 7.81. The van der Waals surface area contributed by atoms with Crippen LogP contribution >= 0.6 is 0 Å². The fourth-order valence-corrected chi connectivity index (χ4v) is 4.51. The van der Waals surface area contributed by atoms with Gasteiger partial charge in [-0.1, -0.05) is 60.2 Å². The molecule has 0 atom stereocenters. The lowest BCUT2D eigenvalue weighted by Crippen LogP contribution is -2.11. The predicted molar refractivity (Wildman–Crippen MR) is 151 cm³/mol. The van der Waals surface area contributed by atoms with Crippen molar-refractivity contribution in [2.24, 2.45) is 0 Å². The van der Waals surface area contributed by atoms with Gasteiger partial charge in [-0.3, -0.25) is 9.59 Å². The van der Waals surface area contributed by atoms with Crippen LogP contribution in [0.1, 0.15) is 22.8 Å².